The molecule has 0 aliphatic carbocycles. The first-order valence-electron chi connectivity index (χ1n) is 7.66. The zero-order valence-corrected chi connectivity index (χ0v) is 13.8. The number of anilines is 1. The fraction of sp³-hybridized carbons (Fsp3) is 0.533. The number of benzene rings is 1. The number of nitrogens with one attached hydrogen (secondary N) is 1. The van der Waals surface area contributed by atoms with Gasteiger partial charge in [0.25, 0.3) is 5.69 Å². The van der Waals surface area contributed by atoms with E-state index in [2.05, 4.69) is 10.2 Å². The molecule has 9 nitrogen and oxygen atoms in total. The maximum absolute atomic E-state index is 11.4. The Labute approximate surface area is 139 Å². The molecule has 1 heterocycles. The van der Waals surface area contributed by atoms with Crippen LogP contribution < -0.4 is 20.5 Å². The number of nitrogens with two attached hydrogens (primary N) is 1. The normalized spacial score (nSPS) is 15.8. The molecule has 0 aromatic heterocycles. The maximum Gasteiger partial charge on any atom is 0.296 e. The van der Waals surface area contributed by atoms with Crippen molar-refractivity contribution in [3.63, 3.8) is 0 Å². The summed E-state index contributed by atoms with van der Waals surface area (Å²) in [7, 11) is 3.04. The Morgan fingerprint density at radius 1 is 1.42 bits per heavy atom. The van der Waals surface area contributed by atoms with Crippen molar-refractivity contribution in [2.24, 2.45) is 0 Å². The van der Waals surface area contributed by atoms with Gasteiger partial charge in [-0.2, -0.15) is 0 Å². The quantitative estimate of drug-likeness (QED) is 0.446. The summed E-state index contributed by atoms with van der Waals surface area (Å²) in [6, 6.07) is 2.69. The molecule has 1 saturated heterocycles. The molecule has 0 unspecified atom stereocenters. The number of ether oxygens (including phenoxy) is 2. The second-order valence-corrected chi connectivity index (χ2v) is 5.59. The molecule has 1 aliphatic heterocycles. The third kappa shape index (κ3) is 4.25. The van der Waals surface area contributed by atoms with Gasteiger partial charge in [0, 0.05) is 26.2 Å². The second kappa shape index (κ2) is 7.82. The van der Waals surface area contributed by atoms with Crippen molar-refractivity contribution >= 4 is 17.3 Å². The number of methoxy groups -OCH3 is 1. The highest BCUT2D eigenvalue weighted by molar-refractivity contribution is 5.77. The number of hydrogen-bond donors (Lipinski definition) is 2. The molecule has 0 radical (unpaired) electrons. The number of amides is 1. The first-order chi connectivity index (χ1) is 11.4. The molecular weight excluding hydrogens is 316 g/mol. The summed E-state index contributed by atoms with van der Waals surface area (Å²) in [5.74, 6) is 0.660. The number of likely N-dealkylation sites (N-methyl/N-ethyl adjacent to an activating group) is 1. The van der Waals surface area contributed by atoms with E-state index in [9.17, 15) is 14.9 Å². The van der Waals surface area contributed by atoms with Gasteiger partial charge in [-0.1, -0.05) is 0 Å². The summed E-state index contributed by atoms with van der Waals surface area (Å²) in [6.45, 7) is 1.85. The SMILES string of the molecule is CNC(=O)CN1CCC(Oc2cc(N)c([N+](=O)[O-])cc2OC)CC1. The zero-order chi connectivity index (χ0) is 17.7. The number of carbonyl (C=O) groups excluding carboxylic acids is 1. The van der Waals surface area contributed by atoms with Crippen LogP contribution in [0.4, 0.5) is 11.4 Å². The minimum atomic E-state index is -0.557. The summed E-state index contributed by atoms with van der Waals surface area (Å²) in [4.78, 5) is 23.8. The van der Waals surface area contributed by atoms with E-state index >= 15 is 0 Å². The molecular formula is C15H22N4O5. The molecule has 3 N–H and O–H groups in total. The van der Waals surface area contributed by atoms with Crippen molar-refractivity contribution in [1.29, 1.82) is 0 Å². The topological polar surface area (TPSA) is 120 Å². The van der Waals surface area contributed by atoms with Crippen LogP contribution >= 0.6 is 0 Å². The number of hydrogen-bond acceptors (Lipinski definition) is 7. The van der Waals surface area contributed by atoms with Crippen molar-refractivity contribution < 1.29 is 19.2 Å². The highest BCUT2D eigenvalue weighted by atomic mass is 16.6. The monoisotopic (exact) mass is 338 g/mol. The fourth-order valence-corrected chi connectivity index (χ4v) is 2.62. The average Bonchev–Trinajstić information content (AvgIpc) is 2.56. The van der Waals surface area contributed by atoms with Gasteiger partial charge < -0.3 is 20.5 Å². The lowest BCUT2D eigenvalue weighted by Gasteiger charge is -2.31. The molecule has 0 spiro atoms. The summed E-state index contributed by atoms with van der Waals surface area (Å²) >= 11 is 0. The molecule has 1 aliphatic rings. The summed E-state index contributed by atoms with van der Waals surface area (Å²) in [6.07, 6.45) is 1.44. The van der Waals surface area contributed by atoms with Crippen molar-refractivity contribution in [3.8, 4) is 11.5 Å². The Morgan fingerprint density at radius 2 is 2.08 bits per heavy atom. The lowest BCUT2D eigenvalue weighted by atomic mass is 10.1. The molecule has 0 atom stereocenters. The number of nitrogens with zero attached hydrogens (tertiary/aromatic N) is 2. The number of rotatable bonds is 6. The van der Waals surface area contributed by atoms with Gasteiger partial charge in [-0.15, -0.1) is 0 Å². The van der Waals surface area contributed by atoms with Crippen LogP contribution in [0.2, 0.25) is 0 Å². The average molecular weight is 338 g/mol. The summed E-state index contributed by atoms with van der Waals surface area (Å²) in [5.41, 5.74) is 5.54. The van der Waals surface area contributed by atoms with Gasteiger partial charge in [0.15, 0.2) is 11.5 Å². The molecule has 1 aromatic rings. The first kappa shape index (κ1) is 17.8. The Balaban J connectivity index is 2.01. The van der Waals surface area contributed by atoms with E-state index in [0.29, 0.717) is 12.3 Å². The molecule has 1 aromatic carbocycles. The summed E-state index contributed by atoms with van der Waals surface area (Å²) in [5, 5.41) is 13.5. The van der Waals surface area contributed by atoms with E-state index in [0.717, 1.165) is 25.9 Å². The van der Waals surface area contributed by atoms with Gasteiger partial charge in [0.2, 0.25) is 5.91 Å². The predicted octanol–water partition coefficient (Wildman–Crippen LogP) is 0.775. The van der Waals surface area contributed by atoms with Crippen LogP contribution in [0.5, 0.6) is 11.5 Å². The van der Waals surface area contributed by atoms with Crippen LogP contribution in [-0.2, 0) is 4.79 Å². The number of nitro groups is 1. The van der Waals surface area contributed by atoms with Gasteiger partial charge in [0.05, 0.1) is 24.6 Å². The van der Waals surface area contributed by atoms with Gasteiger partial charge >= 0.3 is 0 Å². The third-order valence-electron chi connectivity index (χ3n) is 3.98. The minimum Gasteiger partial charge on any atom is -0.493 e. The Kier molecular flexibility index (Phi) is 5.80. The van der Waals surface area contributed by atoms with E-state index in [1.165, 1.54) is 19.2 Å². The number of piperidine rings is 1. The highest BCUT2D eigenvalue weighted by Gasteiger charge is 2.24. The van der Waals surface area contributed by atoms with Gasteiger partial charge in [0.1, 0.15) is 11.8 Å². The maximum atomic E-state index is 11.4. The van der Waals surface area contributed by atoms with Gasteiger partial charge in [-0.05, 0) is 12.8 Å². The molecule has 132 valence electrons. The van der Waals surface area contributed by atoms with E-state index in [-0.39, 0.29) is 29.1 Å². The van der Waals surface area contributed by atoms with Crippen molar-refractivity contribution in [2.45, 2.75) is 18.9 Å². The van der Waals surface area contributed by atoms with Crippen molar-refractivity contribution in [1.82, 2.24) is 10.2 Å². The highest BCUT2D eigenvalue weighted by Crippen LogP contribution is 2.37. The van der Waals surface area contributed by atoms with E-state index < -0.39 is 4.92 Å². The predicted molar refractivity (Wildman–Crippen MR) is 88.2 cm³/mol. The van der Waals surface area contributed by atoms with E-state index in [1.54, 1.807) is 7.05 Å². The zero-order valence-electron chi connectivity index (χ0n) is 13.8. The molecule has 0 saturated carbocycles. The Bertz CT molecular complexity index is 614. The van der Waals surface area contributed by atoms with Crippen LogP contribution in [0.3, 0.4) is 0 Å². The Hall–Kier alpha value is -2.55. The largest absolute Gasteiger partial charge is 0.493 e. The minimum absolute atomic E-state index is 0.0146. The molecule has 24 heavy (non-hydrogen) atoms. The molecule has 1 fully saturated rings. The van der Waals surface area contributed by atoms with Crippen LogP contribution in [0.25, 0.3) is 0 Å². The Morgan fingerprint density at radius 3 is 2.62 bits per heavy atom. The molecule has 1 amide bonds. The van der Waals surface area contributed by atoms with E-state index in [1.807, 2.05) is 0 Å². The lowest BCUT2D eigenvalue weighted by molar-refractivity contribution is -0.384. The number of carbonyl (C=O) groups is 1. The number of nitro benzene ring substituents is 1. The first-order valence-corrected chi connectivity index (χ1v) is 7.66. The van der Waals surface area contributed by atoms with Crippen LogP contribution in [0.15, 0.2) is 12.1 Å². The fourth-order valence-electron chi connectivity index (χ4n) is 2.62. The van der Waals surface area contributed by atoms with Gasteiger partial charge in [-0.25, -0.2) is 0 Å². The summed E-state index contributed by atoms with van der Waals surface area (Å²) < 4.78 is 11.1. The number of nitrogen functional groups attached to an aromatic ring is 1. The van der Waals surface area contributed by atoms with Crippen LogP contribution in [0.1, 0.15) is 12.8 Å². The molecule has 2 rings (SSSR count). The van der Waals surface area contributed by atoms with Crippen molar-refractivity contribution in [3.05, 3.63) is 22.2 Å². The van der Waals surface area contributed by atoms with Crippen molar-refractivity contribution in [2.75, 3.05) is 39.5 Å². The van der Waals surface area contributed by atoms with Crippen LogP contribution in [-0.4, -0.2) is 55.6 Å². The molecule has 9 heteroatoms. The standard InChI is InChI=1S/C15H22N4O5/c1-17-15(20)9-18-5-3-10(4-6-18)24-14-7-11(16)12(19(21)22)8-13(14)23-2/h7-8,10H,3-6,9,16H2,1-2H3,(H,17,20). The third-order valence-corrected chi connectivity index (χ3v) is 3.98. The smallest absolute Gasteiger partial charge is 0.296 e. The van der Waals surface area contributed by atoms with Gasteiger partial charge in [-0.3, -0.25) is 19.8 Å². The molecule has 0 bridgehead atoms. The van der Waals surface area contributed by atoms with E-state index in [4.69, 9.17) is 15.2 Å². The van der Waals surface area contributed by atoms with Crippen LogP contribution in [0, 0.1) is 10.1 Å². The second-order valence-electron chi connectivity index (χ2n) is 5.59. The number of likely N-dealkylation sites (tertiary alicyclic amines) is 1. The lowest BCUT2D eigenvalue weighted by Crippen LogP contribution is -2.43.